The van der Waals surface area contributed by atoms with E-state index >= 15 is 0 Å². The second kappa shape index (κ2) is 5.97. The second-order valence-electron chi connectivity index (χ2n) is 4.42. The summed E-state index contributed by atoms with van der Waals surface area (Å²) in [5.41, 5.74) is 7.41. The molecule has 1 atom stereocenters. The van der Waals surface area contributed by atoms with E-state index in [1.807, 2.05) is 18.2 Å². The molecule has 1 unspecified atom stereocenters. The van der Waals surface area contributed by atoms with Crippen molar-refractivity contribution < 1.29 is 14.7 Å². The summed E-state index contributed by atoms with van der Waals surface area (Å²) in [7, 11) is 0. The lowest BCUT2D eigenvalue weighted by atomic mass is 10.1. The topological polar surface area (TPSA) is 83.6 Å². The predicted octanol–water partition coefficient (Wildman–Crippen LogP) is 1.19. The summed E-state index contributed by atoms with van der Waals surface area (Å²) in [6.07, 6.45) is 0.831. The number of hydrogen-bond acceptors (Lipinski definition) is 4. The van der Waals surface area contributed by atoms with Crippen LogP contribution in [0.3, 0.4) is 0 Å². The lowest BCUT2D eigenvalue weighted by Gasteiger charge is -2.20. The highest BCUT2D eigenvalue weighted by Gasteiger charge is 2.34. The summed E-state index contributed by atoms with van der Waals surface area (Å²) >= 11 is 1.47. The van der Waals surface area contributed by atoms with E-state index in [4.69, 9.17) is 10.8 Å². The van der Waals surface area contributed by atoms with E-state index in [1.165, 1.54) is 16.7 Å². The van der Waals surface area contributed by atoms with Gasteiger partial charge in [-0.1, -0.05) is 18.2 Å². The molecule has 1 aliphatic rings. The number of benzene rings is 1. The first kappa shape index (κ1) is 13.7. The summed E-state index contributed by atoms with van der Waals surface area (Å²) in [6.45, 7) is 0. The Morgan fingerprint density at radius 2 is 2.16 bits per heavy atom. The first-order chi connectivity index (χ1) is 9.09. The standard InChI is InChI=1S/C13H16N2O3S/c14-10-4-2-1-3-9(10)5-6-12(16)15-8-19-7-11(15)13(17)18/h1-4,11H,5-8,14H2,(H,17,18). The average molecular weight is 280 g/mol. The minimum absolute atomic E-state index is 0.124. The summed E-state index contributed by atoms with van der Waals surface area (Å²) in [5, 5.41) is 9.03. The van der Waals surface area contributed by atoms with Gasteiger partial charge in [0.05, 0.1) is 5.88 Å². The number of carbonyl (C=O) groups is 2. The fourth-order valence-electron chi connectivity index (χ4n) is 2.04. The van der Waals surface area contributed by atoms with Crippen molar-refractivity contribution in [3.05, 3.63) is 29.8 Å². The van der Waals surface area contributed by atoms with Gasteiger partial charge in [-0.3, -0.25) is 4.79 Å². The maximum absolute atomic E-state index is 12.1. The minimum atomic E-state index is -0.933. The molecule has 0 aliphatic carbocycles. The molecule has 1 heterocycles. The van der Waals surface area contributed by atoms with Crippen LogP contribution in [0.25, 0.3) is 0 Å². The van der Waals surface area contributed by atoms with Crippen LogP contribution in [0.1, 0.15) is 12.0 Å². The molecule has 1 amide bonds. The Labute approximate surface area is 115 Å². The smallest absolute Gasteiger partial charge is 0.327 e. The molecule has 0 spiro atoms. The number of aryl methyl sites for hydroxylation is 1. The van der Waals surface area contributed by atoms with Gasteiger partial charge in [0.1, 0.15) is 6.04 Å². The molecule has 102 valence electrons. The summed E-state index contributed by atoms with van der Waals surface area (Å²) in [6, 6.07) is 6.72. The van der Waals surface area contributed by atoms with Crippen LogP contribution in [0.2, 0.25) is 0 Å². The Kier molecular flexibility index (Phi) is 4.31. The van der Waals surface area contributed by atoms with Gasteiger partial charge in [0.25, 0.3) is 0 Å². The Morgan fingerprint density at radius 1 is 1.42 bits per heavy atom. The number of carboxylic acid groups (broad SMARTS) is 1. The fourth-order valence-corrected chi connectivity index (χ4v) is 3.21. The molecule has 2 rings (SSSR count). The third-order valence-corrected chi connectivity index (χ3v) is 4.16. The highest BCUT2D eigenvalue weighted by molar-refractivity contribution is 7.99. The number of thioether (sulfide) groups is 1. The number of amides is 1. The number of nitrogen functional groups attached to an aromatic ring is 1. The van der Waals surface area contributed by atoms with Crippen LogP contribution in [0.5, 0.6) is 0 Å². The Morgan fingerprint density at radius 3 is 2.84 bits per heavy atom. The zero-order chi connectivity index (χ0) is 13.8. The van der Waals surface area contributed by atoms with Gasteiger partial charge in [-0.15, -0.1) is 11.8 Å². The Balaban J connectivity index is 1.95. The molecule has 19 heavy (non-hydrogen) atoms. The molecule has 5 nitrogen and oxygen atoms in total. The zero-order valence-electron chi connectivity index (χ0n) is 10.4. The van der Waals surface area contributed by atoms with Gasteiger partial charge < -0.3 is 15.7 Å². The highest BCUT2D eigenvalue weighted by Crippen LogP contribution is 2.22. The van der Waals surface area contributed by atoms with Crippen molar-refractivity contribution in [1.82, 2.24) is 4.90 Å². The van der Waals surface area contributed by atoms with Crippen molar-refractivity contribution in [2.75, 3.05) is 17.4 Å². The van der Waals surface area contributed by atoms with E-state index in [-0.39, 0.29) is 5.91 Å². The van der Waals surface area contributed by atoms with Gasteiger partial charge >= 0.3 is 5.97 Å². The molecular weight excluding hydrogens is 264 g/mol. The quantitative estimate of drug-likeness (QED) is 0.809. The Hall–Kier alpha value is -1.69. The van der Waals surface area contributed by atoms with Crippen LogP contribution in [0, 0.1) is 0 Å². The van der Waals surface area contributed by atoms with E-state index in [9.17, 15) is 9.59 Å². The molecule has 1 fully saturated rings. The van der Waals surface area contributed by atoms with Gasteiger partial charge in [0.15, 0.2) is 0 Å². The largest absolute Gasteiger partial charge is 0.480 e. The fraction of sp³-hybridized carbons (Fsp3) is 0.385. The van der Waals surface area contributed by atoms with Crippen molar-refractivity contribution in [2.24, 2.45) is 0 Å². The van der Waals surface area contributed by atoms with Crippen LogP contribution in [0.15, 0.2) is 24.3 Å². The van der Waals surface area contributed by atoms with E-state index < -0.39 is 12.0 Å². The van der Waals surface area contributed by atoms with Gasteiger partial charge in [0, 0.05) is 17.9 Å². The average Bonchev–Trinajstić information content (AvgIpc) is 2.87. The third kappa shape index (κ3) is 3.20. The molecule has 6 heteroatoms. The van der Waals surface area contributed by atoms with Gasteiger partial charge in [0.2, 0.25) is 5.91 Å². The van der Waals surface area contributed by atoms with Crippen LogP contribution >= 0.6 is 11.8 Å². The van der Waals surface area contributed by atoms with Crippen molar-refractivity contribution in [3.63, 3.8) is 0 Å². The molecule has 0 bridgehead atoms. The molecular formula is C13H16N2O3S. The maximum atomic E-state index is 12.1. The van der Waals surface area contributed by atoms with Crippen LogP contribution in [0.4, 0.5) is 5.69 Å². The SMILES string of the molecule is Nc1ccccc1CCC(=O)N1CSCC1C(=O)O. The third-order valence-electron chi connectivity index (χ3n) is 3.15. The van der Waals surface area contributed by atoms with Gasteiger partial charge in [-0.25, -0.2) is 4.79 Å². The lowest BCUT2D eigenvalue weighted by molar-refractivity contribution is -0.147. The van der Waals surface area contributed by atoms with Gasteiger partial charge in [-0.2, -0.15) is 0 Å². The highest BCUT2D eigenvalue weighted by atomic mass is 32.2. The van der Waals surface area contributed by atoms with Crippen molar-refractivity contribution in [1.29, 1.82) is 0 Å². The van der Waals surface area contributed by atoms with E-state index in [0.717, 1.165) is 5.56 Å². The molecule has 1 aliphatic heterocycles. The molecule has 3 N–H and O–H groups in total. The summed E-state index contributed by atoms with van der Waals surface area (Å²) in [5.74, 6) is -0.132. The molecule has 1 aromatic rings. The maximum Gasteiger partial charge on any atom is 0.327 e. The van der Waals surface area contributed by atoms with Gasteiger partial charge in [-0.05, 0) is 18.1 Å². The molecule has 0 saturated carbocycles. The second-order valence-corrected chi connectivity index (χ2v) is 5.42. The van der Waals surface area contributed by atoms with Crippen LogP contribution in [-0.2, 0) is 16.0 Å². The number of aliphatic carboxylic acids is 1. The molecule has 1 aromatic carbocycles. The van der Waals surface area contributed by atoms with E-state index in [2.05, 4.69) is 0 Å². The van der Waals surface area contributed by atoms with Crippen LogP contribution in [-0.4, -0.2) is 39.6 Å². The first-order valence-corrected chi connectivity index (χ1v) is 7.18. The first-order valence-electron chi connectivity index (χ1n) is 6.03. The number of para-hydroxylation sites is 1. The van der Waals surface area contributed by atoms with Crippen molar-refractivity contribution in [2.45, 2.75) is 18.9 Å². The number of nitrogens with zero attached hydrogens (tertiary/aromatic N) is 1. The van der Waals surface area contributed by atoms with Crippen molar-refractivity contribution >= 4 is 29.3 Å². The summed E-state index contributed by atoms with van der Waals surface area (Å²) < 4.78 is 0. The monoisotopic (exact) mass is 280 g/mol. The number of anilines is 1. The number of nitrogens with two attached hydrogens (primary N) is 1. The van der Waals surface area contributed by atoms with E-state index in [1.54, 1.807) is 6.07 Å². The van der Waals surface area contributed by atoms with Crippen LogP contribution < -0.4 is 5.73 Å². The summed E-state index contributed by atoms with van der Waals surface area (Å²) in [4.78, 5) is 24.5. The number of hydrogen-bond donors (Lipinski definition) is 2. The minimum Gasteiger partial charge on any atom is -0.480 e. The predicted molar refractivity (Wildman–Crippen MR) is 74.8 cm³/mol. The number of carboxylic acids is 1. The molecule has 0 radical (unpaired) electrons. The Bertz CT molecular complexity index is 493. The number of carbonyl (C=O) groups excluding carboxylic acids is 1. The lowest BCUT2D eigenvalue weighted by Crippen LogP contribution is -2.41. The number of rotatable bonds is 4. The molecule has 0 aromatic heterocycles. The normalized spacial score (nSPS) is 18.5. The van der Waals surface area contributed by atoms with Crippen molar-refractivity contribution in [3.8, 4) is 0 Å². The van der Waals surface area contributed by atoms with E-state index in [0.29, 0.717) is 30.2 Å². The molecule has 1 saturated heterocycles. The zero-order valence-corrected chi connectivity index (χ0v) is 11.2.